The molecule has 0 spiro atoms. The lowest BCUT2D eigenvalue weighted by molar-refractivity contribution is -0.151. The molecule has 7 nitrogen and oxygen atoms in total. The number of nitrogens with zero attached hydrogens (tertiary/aromatic N) is 1. The minimum Gasteiger partial charge on any atom is -0.466 e. The second-order valence-corrected chi connectivity index (χ2v) is 6.55. The van der Waals surface area contributed by atoms with Gasteiger partial charge in [-0.25, -0.2) is 0 Å². The van der Waals surface area contributed by atoms with E-state index in [0.717, 1.165) is 6.42 Å². The van der Waals surface area contributed by atoms with Crippen LogP contribution in [-0.4, -0.2) is 48.4 Å². The van der Waals surface area contributed by atoms with Gasteiger partial charge >= 0.3 is 5.97 Å². The predicted octanol–water partition coefficient (Wildman–Crippen LogP) is 1.84. The quantitative estimate of drug-likeness (QED) is 0.791. The van der Waals surface area contributed by atoms with E-state index in [0.29, 0.717) is 26.1 Å². The van der Waals surface area contributed by atoms with Crippen LogP contribution in [0.2, 0.25) is 0 Å². The van der Waals surface area contributed by atoms with E-state index < -0.39 is 11.9 Å². The minimum atomic E-state index is -0.668. The Balaban J connectivity index is 2.03. The van der Waals surface area contributed by atoms with Crippen molar-refractivity contribution in [1.82, 2.24) is 10.2 Å². The monoisotopic (exact) mass is 350 g/mol. The van der Waals surface area contributed by atoms with Crippen LogP contribution >= 0.6 is 0 Å². The first kappa shape index (κ1) is 19.0. The molecule has 25 heavy (non-hydrogen) atoms. The number of rotatable bonds is 6. The average molecular weight is 350 g/mol. The highest BCUT2D eigenvalue weighted by molar-refractivity contribution is 5.95. The first-order valence-electron chi connectivity index (χ1n) is 8.73. The molecule has 0 aromatic carbocycles. The molecule has 0 unspecified atom stereocenters. The normalized spacial score (nSPS) is 18.7. The van der Waals surface area contributed by atoms with Crippen LogP contribution in [0.15, 0.2) is 22.8 Å². The van der Waals surface area contributed by atoms with Gasteiger partial charge in [0.1, 0.15) is 6.04 Å². The molecular formula is C18H26N2O5. The van der Waals surface area contributed by atoms with Crippen LogP contribution in [0.1, 0.15) is 44.2 Å². The molecule has 1 aromatic rings. The van der Waals surface area contributed by atoms with Gasteiger partial charge in [-0.1, -0.05) is 13.8 Å². The summed E-state index contributed by atoms with van der Waals surface area (Å²) in [6.45, 7) is 6.75. The zero-order valence-electron chi connectivity index (χ0n) is 15.0. The maximum atomic E-state index is 12.9. The van der Waals surface area contributed by atoms with Crippen molar-refractivity contribution in [2.75, 3.05) is 19.7 Å². The summed E-state index contributed by atoms with van der Waals surface area (Å²) in [4.78, 5) is 38.7. The summed E-state index contributed by atoms with van der Waals surface area (Å²) < 4.78 is 10.2. The Labute approximate surface area is 147 Å². The third-order valence-corrected chi connectivity index (χ3v) is 4.32. The van der Waals surface area contributed by atoms with Crippen molar-refractivity contribution in [2.45, 2.75) is 39.7 Å². The van der Waals surface area contributed by atoms with Gasteiger partial charge in [0.15, 0.2) is 5.76 Å². The number of furan rings is 1. The number of carbonyl (C=O) groups is 3. The third kappa shape index (κ3) is 4.84. The molecule has 1 fully saturated rings. The molecule has 1 aliphatic rings. The van der Waals surface area contributed by atoms with Crippen LogP contribution in [0.25, 0.3) is 0 Å². The number of ether oxygens (including phenoxy) is 1. The Hall–Kier alpha value is -2.31. The lowest BCUT2D eigenvalue weighted by atomic mass is 9.95. The lowest BCUT2D eigenvalue weighted by Gasteiger charge is -2.35. The van der Waals surface area contributed by atoms with Gasteiger partial charge in [-0.05, 0) is 37.8 Å². The first-order chi connectivity index (χ1) is 11.9. The van der Waals surface area contributed by atoms with Crippen LogP contribution in [0.5, 0.6) is 0 Å². The van der Waals surface area contributed by atoms with Gasteiger partial charge in [0.25, 0.3) is 5.91 Å². The molecule has 1 aliphatic heterocycles. The summed E-state index contributed by atoms with van der Waals surface area (Å²) in [6, 6.07) is 2.50. The van der Waals surface area contributed by atoms with E-state index in [9.17, 15) is 14.4 Å². The zero-order valence-corrected chi connectivity index (χ0v) is 15.0. The molecule has 0 saturated carbocycles. The molecule has 1 N–H and O–H groups in total. The van der Waals surface area contributed by atoms with E-state index >= 15 is 0 Å². The van der Waals surface area contributed by atoms with Crippen molar-refractivity contribution in [3.63, 3.8) is 0 Å². The standard InChI is InChI=1S/C18H26N2O5/c1-4-24-18(23)13-7-5-9-20(11-13)17(22)15(12(2)3)19-16(21)14-8-6-10-25-14/h6,8,10,12-13,15H,4-5,7,9,11H2,1-3H3,(H,19,21)/t13-,15-/m1/s1. The Morgan fingerprint density at radius 2 is 2.16 bits per heavy atom. The lowest BCUT2D eigenvalue weighted by Crippen LogP contribution is -2.54. The summed E-state index contributed by atoms with van der Waals surface area (Å²) in [5.74, 6) is -1.08. The molecule has 0 aliphatic carbocycles. The number of piperidine rings is 1. The molecule has 0 bridgehead atoms. The number of carbonyl (C=O) groups excluding carboxylic acids is 3. The number of nitrogens with one attached hydrogen (secondary N) is 1. The van der Waals surface area contributed by atoms with Gasteiger partial charge in [-0.15, -0.1) is 0 Å². The second-order valence-electron chi connectivity index (χ2n) is 6.55. The number of hydrogen-bond acceptors (Lipinski definition) is 5. The van der Waals surface area contributed by atoms with Crippen molar-refractivity contribution >= 4 is 17.8 Å². The summed E-state index contributed by atoms with van der Waals surface area (Å²) in [5, 5.41) is 2.75. The SMILES string of the molecule is CCOC(=O)[C@@H]1CCCN(C(=O)[C@H](NC(=O)c2ccco2)C(C)C)C1. The maximum absolute atomic E-state index is 12.9. The van der Waals surface area contributed by atoms with Gasteiger partial charge < -0.3 is 19.4 Å². The summed E-state index contributed by atoms with van der Waals surface area (Å²) in [7, 11) is 0. The summed E-state index contributed by atoms with van der Waals surface area (Å²) in [5.41, 5.74) is 0. The van der Waals surface area contributed by atoms with Gasteiger partial charge in [0.2, 0.25) is 5.91 Å². The molecule has 2 heterocycles. The fourth-order valence-electron chi connectivity index (χ4n) is 2.96. The van der Waals surface area contributed by atoms with Gasteiger partial charge in [-0.3, -0.25) is 14.4 Å². The first-order valence-corrected chi connectivity index (χ1v) is 8.73. The molecule has 1 aromatic heterocycles. The molecule has 2 rings (SSSR count). The Morgan fingerprint density at radius 1 is 1.40 bits per heavy atom. The minimum absolute atomic E-state index is 0.0885. The molecule has 2 atom stereocenters. The third-order valence-electron chi connectivity index (χ3n) is 4.32. The van der Waals surface area contributed by atoms with Gasteiger partial charge in [0.05, 0.1) is 18.8 Å². The van der Waals surface area contributed by atoms with E-state index in [1.54, 1.807) is 24.0 Å². The average Bonchev–Trinajstić information content (AvgIpc) is 3.13. The highest BCUT2D eigenvalue weighted by Crippen LogP contribution is 2.20. The smallest absolute Gasteiger partial charge is 0.310 e. The predicted molar refractivity (Wildman–Crippen MR) is 90.7 cm³/mol. The van der Waals surface area contributed by atoms with Crippen LogP contribution in [0.3, 0.4) is 0 Å². The van der Waals surface area contributed by atoms with Crippen LogP contribution in [-0.2, 0) is 14.3 Å². The Morgan fingerprint density at radius 3 is 2.76 bits per heavy atom. The fourth-order valence-corrected chi connectivity index (χ4v) is 2.96. The van der Waals surface area contributed by atoms with Crippen LogP contribution in [0, 0.1) is 11.8 Å². The van der Waals surface area contributed by atoms with Crippen molar-refractivity contribution in [3.05, 3.63) is 24.2 Å². The molecule has 0 radical (unpaired) electrons. The zero-order chi connectivity index (χ0) is 18.4. The highest BCUT2D eigenvalue weighted by atomic mass is 16.5. The van der Waals surface area contributed by atoms with Crippen molar-refractivity contribution in [2.24, 2.45) is 11.8 Å². The largest absolute Gasteiger partial charge is 0.466 e. The second kappa shape index (κ2) is 8.69. The maximum Gasteiger partial charge on any atom is 0.310 e. The molecule has 138 valence electrons. The highest BCUT2D eigenvalue weighted by Gasteiger charge is 2.34. The number of likely N-dealkylation sites (tertiary alicyclic amines) is 1. The van der Waals surface area contributed by atoms with Gasteiger partial charge in [-0.2, -0.15) is 0 Å². The van der Waals surface area contributed by atoms with E-state index in [4.69, 9.17) is 9.15 Å². The Kier molecular flexibility index (Phi) is 6.61. The molecule has 1 saturated heterocycles. The number of hydrogen-bond donors (Lipinski definition) is 1. The molecular weight excluding hydrogens is 324 g/mol. The Bertz CT molecular complexity index is 597. The topological polar surface area (TPSA) is 88.9 Å². The molecule has 7 heteroatoms. The van der Waals surface area contributed by atoms with Crippen LogP contribution in [0.4, 0.5) is 0 Å². The summed E-state index contributed by atoms with van der Waals surface area (Å²) in [6.07, 6.45) is 2.87. The van der Waals surface area contributed by atoms with E-state index in [1.807, 2.05) is 13.8 Å². The van der Waals surface area contributed by atoms with Crippen molar-refractivity contribution < 1.29 is 23.5 Å². The van der Waals surface area contributed by atoms with Crippen LogP contribution < -0.4 is 5.32 Å². The van der Waals surface area contributed by atoms with Crippen molar-refractivity contribution in [1.29, 1.82) is 0 Å². The number of esters is 1. The fraction of sp³-hybridized carbons (Fsp3) is 0.611. The van der Waals surface area contributed by atoms with E-state index in [2.05, 4.69) is 5.32 Å². The summed E-state index contributed by atoms with van der Waals surface area (Å²) >= 11 is 0. The molecule has 2 amide bonds. The van der Waals surface area contributed by atoms with Crippen molar-refractivity contribution in [3.8, 4) is 0 Å². The van der Waals surface area contributed by atoms with E-state index in [-0.39, 0.29) is 29.5 Å². The van der Waals surface area contributed by atoms with E-state index in [1.165, 1.54) is 6.26 Å². The van der Waals surface area contributed by atoms with Gasteiger partial charge in [0, 0.05) is 13.1 Å². The number of amides is 2.